The van der Waals surface area contributed by atoms with Crippen molar-refractivity contribution >= 4 is 11.6 Å². The fourth-order valence-corrected chi connectivity index (χ4v) is 5.69. The first-order chi connectivity index (χ1) is 12.6. The van der Waals surface area contributed by atoms with Crippen molar-refractivity contribution in [2.24, 2.45) is 5.92 Å². The van der Waals surface area contributed by atoms with Crippen LogP contribution in [0.3, 0.4) is 0 Å². The molecule has 4 aliphatic heterocycles. The average molecular weight is 356 g/mol. The van der Waals surface area contributed by atoms with Crippen molar-refractivity contribution < 1.29 is 19.5 Å². The number of anilines is 1. The zero-order chi connectivity index (χ0) is 18.1. The van der Waals surface area contributed by atoms with Gasteiger partial charge in [-0.1, -0.05) is 24.3 Å². The predicted molar refractivity (Wildman–Crippen MR) is 95.6 cm³/mol. The minimum absolute atomic E-state index is 0.0185. The number of aliphatic hydroxyl groups is 1. The van der Waals surface area contributed by atoms with Crippen molar-refractivity contribution in [3.8, 4) is 0 Å². The molecular formula is C20H24N2O4. The molecule has 1 saturated carbocycles. The van der Waals surface area contributed by atoms with E-state index in [0.717, 1.165) is 16.8 Å². The van der Waals surface area contributed by atoms with Gasteiger partial charge in [0.05, 0.1) is 31.1 Å². The topological polar surface area (TPSA) is 71.0 Å². The van der Waals surface area contributed by atoms with E-state index >= 15 is 0 Å². The van der Waals surface area contributed by atoms with Gasteiger partial charge >= 0.3 is 0 Å². The molecule has 5 atom stereocenters. The summed E-state index contributed by atoms with van der Waals surface area (Å²) in [6.45, 7) is 3.08. The summed E-state index contributed by atoms with van der Waals surface area (Å²) in [6.07, 6.45) is 2.67. The van der Waals surface area contributed by atoms with E-state index in [1.54, 1.807) is 0 Å². The van der Waals surface area contributed by atoms with Crippen LogP contribution in [-0.4, -0.2) is 49.0 Å². The summed E-state index contributed by atoms with van der Waals surface area (Å²) < 4.78 is 6.22. The SMILES string of the molecule is CC=C1CN[C@H]2C[C@@]3(C(=O)N(OC)c4ccccc43)[C@H]3C[C@]1(O)[C@@H]2CO3. The number of hydroxylamine groups is 1. The first kappa shape index (κ1) is 16.4. The molecule has 0 radical (unpaired) electrons. The molecule has 6 rings (SSSR count). The number of para-hydroxylation sites is 1. The minimum atomic E-state index is -0.910. The van der Waals surface area contributed by atoms with Crippen LogP contribution in [0.4, 0.5) is 5.69 Å². The Balaban J connectivity index is 1.71. The molecule has 1 aliphatic carbocycles. The van der Waals surface area contributed by atoms with Crippen LogP contribution in [0.15, 0.2) is 35.9 Å². The molecule has 2 N–H and O–H groups in total. The molecule has 1 aromatic carbocycles. The zero-order valence-corrected chi connectivity index (χ0v) is 15.1. The summed E-state index contributed by atoms with van der Waals surface area (Å²) in [5.74, 6) is -0.138. The number of amides is 1. The van der Waals surface area contributed by atoms with E-state index in [-0.39, 0.29) is 24.0 Å². The Kier molecular flexibility index (Phi) is 3.41. The van der Waals surface area contributed by atoms with Crippen LogP contribution in [0.5, 0.6) is 0 Å². The Morgan fingerprint density at radius 3 is 2.96 bits per heavy atom. The number of allylic oxidation sites excluding steroid dienone is 1. The van der Waals surface area contributed by atoms with Crippen molar-refractivity contribution in [1.29, 1.82) is 0 Å². The number of carbonyl (C=O) groups excluding carboxylic acids is 1. The monoisotopic (exact) mass is 356 g/mol. The van der Waals surface area contributed by atoms with E-state index in [4.69, 9.17) is 9.57 Å². The lowest BCUT2D eigenvalue weighted by Gasteiger charge is -2.48. The Bertz CT molecular complexity index is 809. The molecule has 26 heavy (non-hydrogen) atoms. The molecular weight excluding hydrogens is 332 g/mol. The van der Waals surface area contributed by atoms with Gasteiger partial charge in [-0.3, -0.25) is 9.63 Å². The summed E-state index contributed by atoms with van der Waals surface area (Å²) in [6, 6.07) is 7.79. The highest BCUT2D eigenvalue weighted by molar-refractivity contribution is 6.07. The van der Waals surface area contributed by atoms with Crippen LogP contribution in [0.2, 0.25) is 0 Å². The number of nitrogens with one attached hydrogen (secondary N) is 1. The van der Waals surface area contributed by atoms with Crippen LogP contribution in [0, 0.1) is 5.92 Å². The lowest BCUT2D eigenvalue weighted by Crippen LogP contribution is -2.60. The smallest absolute Gasteiger partial charge is 0.264 e. The van der Waals surface area contributed by atoms with Crippen molar-refractivity contribution in [3.63, 3.8) is 0 Å². The lowest BCUT2D eigenvalue weighted by atomic mass is 9.71. The Hall–Kier alpha value is -1.73. The first-order valence-electron chi connectivity index (χ1n) is 9.27. The summed E-state index contributed by atoms with van der Waals surface area (Å²) in [5.41, 5.74) is 0.991. The van der Waals surface area contributed by atoms with Crippen molar-refractivity contribution in [3.05, 3.63) is 41.5 Å². The second-order valence-electron chi connectivity index (χ2n) is 7.83. The molecule has 4 bridgehead atoms. The molecule has 4 fully saturated rings. The van der Waals surface area contributed by atoms with E-state index in [9.17, 15) is 9.90 Å². The lowest BCUT2D eigenvalue weighted by molar-refractivity contribution is -0.152. The van der Waals surface area contributed by atoms with Crippen LogP contribution in [0.1, 0.15) is 25.3 Å². The molecule has 1 aromatic rings. The standard InChI is InChI=1S/C20H24N2O4/c1-3-12-10-21-15-8-19(17-9-20(12,24)14(15)11-26-17)13-6-4-5-7-16(13)22(25-2)18(19)23/h3-7,14-15,17,21,24H,8-11H2,1-2H3/t14-,15+,17-,19+,20-/m1/s1. The van der Waals surface area contributed by atoms with Gasteiger partial charge < -0.3 is 15.2 Å². The van der Waals surface area contributed by atoms with Gasteiger partial charge in [0, 0.05) is 24.9 Å². The van der Waals surface area contributed by atoms with Crippen LogP contribution >= 0.6 is 0 Å². The second kappa shape index (κ2) is 5.39. The highest BCUT2D eigenvalue weighted by Crippen LogP contribution is 2.57. The average Bonchev–Trinajstić information content (AvgIpc) is 2.74. The van der Waals surface area contributed by atoms with Crippen LogP contribution in [-0.2, 0) is 19.8 Å². The summed E-state index contributed by atoms with van der Waals surface area (Å²) in [4.78, 5) is 19.0. The molecule has 0 unspecified atom stereocenters. The largest absolute Gasteiger partial charge is 0.385 e. The van der Waals surface area contributed by atoms with E-state index < -0.39 is 11.0 Å². The highest BCUT2D eigenvalue weighted by atomic mass is 16.7. The minimum Gasteiger partial charge on any atom is -0.385 e. The first-order valence-corrected chi connectivity index (χ1v) is 9.27. The molecule has 3 saturated heterocycles. The van der Waals surface area contributed by atoms with Gasteiger partial charge in [0.25, 0.3) is 5.91 Å². The Morgan fingerprint density at radius 2 is 2.19 bits per heavy atom. The molecule has 0 aromatic heterocycles. The molecule has 6 nitrogen and oxygen atoms in total. The third-order valence-corrected chi connectivity index (χ3v) is 6.98. The number of ether oxygens (including phenoxy) is 1. The number of fused-ring (bicyclic) bond motifs is 2. The third kappa shape index (κ3) is 1.78. The van der Waals surface area contributed by atoms with Gasteiger partial charge in [-0.05, 0) is 30.5 Å². The maximum Gasteiger partial charge on any atom is 0.264 e. The van der Waals surface area contributed by atoms with Gasteiger partial charge in [0.15, 0.2) is 0 Å². The van der Waals surface area contributed by atoms with Gasteiger partial charge in [-0.25, -0.2) is 0 Å². The quantitative estimate of drug-likeness (QED) is 0.742. The fraction of sp³-hybridized carbons (Fsp3) is 0.550. The van der Waals surface area contributed by atoms with Gasteiger partial charge in [-0.15, -0.1) is 0 Å². The molecule has 4 heterocycles. The van der Waals surface area contributed by atoms with E-state index in [0.29, 0.717) is 26.0 Å². The fourth-order valence-electron chi connectivity index (χ4n) is 5.69. The Labute approximate surface area is 152 Å². The summed E-state index contributed by atoms with van der Waals surface area (Å²) >= 11 is 0. The molecule has 1 spiro atoms. The number of hydrogen-bond donors (Lipinski definition) is 2. The van der Waals surface area contributed by atoms with Crippen LogP contribution in [0.25, 0.3) is 0 Å². The summed E-state index contributed by atoms with van der Waals surface area (Å²) in [7, 11) is 1.52. The van der Waals surface area contributed by atoms with E-state index in [2.05, 4.69) is 5.32 Å². The van der Waals surface area contributed by atoms with Gasteiger partial charge in [0.1, 0.15) is 5.41 Å². The van der Waals surface area contributed by atoms with Gasteiger partial charge in [-0.2, -0.15) is 5.06 Å². The van der Waals surface area contributed by atoms with Crippen molar-refractivity contribution in [2.75, 3.05) is 25.3 Å². The number of benzene rings is 1. The molecule has 6 heteroatoms. The van der Waals surface area contributed by atoms with Gasteiger partial charge in [0.2, 0.25) is 0 Å². The Morgan fingerprint density at radius 1 is 1.38 bits per heavy atom. The van der Waals surface area contributed by atoms with Crippen molar-refractivity contribution in [2.45, 2.75) is 42.9 Å². The number of carbonyl (C=O) groups is 1. The maximum absolute atomic E-state index is 13.6. The molecule has 5 aliphatic rings. The predicted octanol–water partition coefficient (Wildman–Crippen LogP) is 1.29. The number of hydrogen-bond acceptors (Lipinski definition) is 5. The number of nitrogens with zero attached hydrogens (tertiary/aromatic N) is 1. The summed E-state index contributed by atoms with van der Waals surface area (Å²) in [5, 5.41) is 16.5. The molecule has 138 valence electrons. The normalized spacial score (nSPS) is 42.4. The van der Waals surface area contributed by atoms with E-state index in [1.165, 1.54) is 12.2 Å². The number of rotatable bonds is 1. The second-order valence-corrected chi connectivity index (χ2v) is 7.83. The van der Waals surface area contributed by atoms with E-state index in [1.807, 2.05) is 37.3 Å². The highest BCUT2D eigenvalue weighted by Gasteiger charge is 2.66. The zero-order valence-electron chi connectivity index (χ0n) is 15.1. The molecule has 1 amide bonds. The number of piperidine rings is 1. The van der Waals surface area contributed by atoms with Crippen LogP contribution < -0.4 is 10.4 Å². The third-order valence-electron chi connectivity index (χ3n) is 6.98. The van der Waals surface area contributed by atoms with Crippen molar-refractivity contribution in [1.82, 2.24) is 5.32 Å². The maximum atomic E-state index is 13.6.